The van der Waals surface area contributed by atoms with Gasteiger partial charge in [0.25, 0.3) is 7.82 Å². The number of quaternary nitrogens is 1. The van der Waals surface area contributed by atoms with Gasteiger partial charge in [0, 0.05) is 12.8 Å². The van der Waals surface area contributed by atoms with E-state index in [0.717, 1.165) is 135 Å². The summed E-state index contributed by atoms with van der Waals surface area (Å²) >= 11 is 0. The van der Waals surface area contributed by atoms with Gasteiger partial charge in [-0.1, -0.05) is 312 Å². The molecule has 0 aromatic carbocycles. The van der Waals surface area contributed by atoms with Crippen molar-refractivity contribution in [1.82, 2.24) is 0 Å². The number of rotatable bonds is 66. The second-order valence-corrected chi connectivity index (χ2v) is 26.6. The van der Waals surface area contributed by atoms with Crippen LogP contribution in [0.5, 0.6) is 0 Å². The highest BCUT2D eigenvalue weighted by molar-refractivity contribution is 7.45. The van der Waals surface area contributed by atoms with Crippen molar-refractivity contribution in [3.05, 3.63) is 170 Å². The van der Waals surface area contributed by atoms with Crippen LogP contribution in [0, 0.1) is 0 Å². The number of hydrogen-bond donors (Lipinski definition) is 0. The van der Waals surface area contributed by atoms with Gasteiger partial charge in [0.1, 0.15) is 19.8 Å². The minimum absolute atomic E-state index is 0.0392. The summed E-state index contributed by atoms with van der Waals surface area (Å²) in [7, 11) is 1.15. The van der Waals surface area contributed by atoms with Crippen LogP contribution in [0.15, 0.2) is 170 Å². The fourth-order valence-electron chi connectivity index (χ4n) is 9.68. The molecule has 92 heavy (non-hydrogen) atoms. The Morgan fingerprint density at radius 3 is 0.870 bits per heavy atom. The van der Waals surface area contributed by atoms with Gasteiger partial charge >= 0.3 is 11.9 Å². The third-order valence-corrected chi connectivity index (χ3v) is 16.2. The van der Waals surface area contributed by atoms with Crippen LogP contribution < -0.4 is 4.89 Å². The van der Waals surface area contributed by atoms with Gasteiger partial charge in [-0.3, -0.25) is 14.2 Å². The molecule has 0 bridgehead atoms. The van der Waals surface area contributed by atoms with Gasteiger partial charge in [-0.25, -0.2) is 0 Å². The molecule has 0 saturated carbocycles. The number of ether oxygens (including phenoxy) is 2. The fraction of sp³-hybridized carbons (Fsp3) is 0.634. The predicted molar refractivity (Wildman–Crippen MR) is 396 cm³/mol. The summed E-state index contributed by atoms with van der Waals surface area (Å²) in [5.74, 6) is -0.845. The zero-order chi connectivity index (χ0) is 66.9. The van der Waals surface area contributed by atoms with Crippen molar-refractivity contribution < 1.29 is 42.1 Å². The summed E-state index contributed by atoms with van der Waals surface area (Å²) in [6.07, 6.45) is 107. The lowest BCUT2D eigenvalue weighted by molar-refractivity contribution is -0.870. The Hall–Kier alpha value is -4.63. The van der Waals surface area contributed by atoms with E-state index >= 15 is 0 Å². The number of nitrogens with zero attached hydrogens (tertiary/aromatic N) is 1. The van der Waals surface area contributed by atoms with Gasteiger partial charge in [0.15, 0.2) is 6.10 Å². The molecule has 0 spiro atoms. The van der Waals surface area contributed by atoms with Crippen LogP contribution in [-0.2, 0) is 32.7 Å². The molecule has 0 rings (SSSR count). The Balaban J connectivity index is 4.08. The summed E-state index contributed by atoms with van der Waals surface area (Å²) in [5.41, 5.74) is 0. The number of carbonyl (C=O) groups is 2. The zero-order valence-electron chi connectivity index (χ0n) is 59.4. The van der Waals surface area contributed by atoms with Crippen molar-refractivity contribution in [1.29, 1.82) is 0 Å². The van der Waals surface area contributed by atoms with Crippen LogP contribution in [0.1, 0.15) is 284 Å². The Bertz CT molecular complexity index is 2160. The third kappa shape index (κ3) is 74.4. The van der Waals surface area contributed by atoms with E-state index in [0.29, 0.717) is 23.9 Å². The van der Waals surface area contributed by atoms with Crippen molar-refractivity contribution in [3.63, 3.8) is 0 Å². The van der Waals surface area contributed by atoms with E-state index in [-0.39, 0.29) is 26.1 Å². The smallest absolute Gasteiger partial charge is 0.306 e. The molecule has 0 amide bonds. The number of esters is 2. The Morgan fingerprint density at radius 2 is 0.587 bits per heavy atom. The van der Waals surface area contributed by atoms with Gasteiger partial charge in [0.2, 0.25) is 0 Å². The topological polar surface area (TPSA) is 111 Å². The van der Waals surface area contributed by atoms with E-state index in [2.05, 4.69) is 184 Å². The number of allylic oxidation sites excluding steroid dienone is 28. The van der Waals surface area contributed by atoms with Crippen LogP contribution >= 0.6 is 7.82 Å². The number of carbonyl (C=O) groups excluding carboxylic acids is 2. The molecule has 0 aliphatic rings. The number of likely N-dealkylation sites (N-methyl/N-ethyl adjacent to an activating group) is 1. The molecule has 0 aliphatic heterocycles. The summed E-state index contributed by atoms with van der Waals surface area (Å²) in [4.78, 5) is 38.1. The van der Waals surface area contributed by atoms with Gasteiger partial charge < -0.3 is 27.9 Å². The summed E-state index contributed by atoms with van der Waals surface area (Å²) in [6, 6.07) is 0. The lowest BCUT2D eigenvalue weighted by atomic mass is 10.0. The van der Waals surface area contributed by atoms with Gasteiger partial charge in [-0.15, -0.1) is 0 Å². The van der Waals surface area contributed by atoms with Crippen LogP contribution in [0.3, 0.4) is 0 Å². The standard InChI is InChI=1S/C82H136NO8P/c1-6-8-10-12-14-16-18-20-22-24-26-28-30-32-34-36-38-39-40-41-42-43-45-47-49-51-53-55-57-59-61-63-65-67-69-71-73-75-82(85)91-80(79-90-92(86,87)89-77-76-83(3,4)5)78-88-81(84)74-72-70-68-66-64-62-60-58-56-54-52-50-48-46-44-37-35-33-31-29-27-25-23-21-19-17-15-13-11-9-7-2/h8-11,14-17,20-23,26-29,32-35,38-39,41-42,44,46,50,52,80H,6-7,12-13,18-19,24-25,30-31,36-37,40,43,45,47-49,51,53-79H2,1-5H3/b10-8-,11-9-,16-14-,17-15-,22-20-,23-21-,28-26-,29-27-,34-32-,35-33-,39-38-,42-41-,46-44-,52-50-. The average Bonchev–Trinajstić information content (AvgIpc) is 2.34. The molecule has 0 heterocycles. The summed E-state index contributed by atoms with van der Waals surface area (Å²) < 4.78 is 34.3. The highest BCUT2D eigenvalue weighted by atomic mass is 31.2. The first-order chi connectivity index (χ1) is 45.0. The maximum atomic E-state index is 12.9. The largest absolute Gasteiger partial charge is 0.756 e. The van der Waals surface area contributed by atoms with E-state index in [9.17, 15) is 19.0 Å². The van der Waals surface area contributed by atoms with Crippen LogP contribution in [-0.4, -0.2) is 70.0 Å². The molecular formula is C82H136NO8P. The molecule has 10 heteroatoms. The molecule has 2 atom stereocenters. The molecular weight excluding hydrogens is 1160 g/mol. The molecule has 0 aromatic rings. The Morgan fingerprint density at radius 1 is 0.337 bits per heavy atom. The predicted octanol–water partition coefficient (Wildman–Crippen LogP) is 23.9. The van der Waals surface area contributed by atoms with Crippen LogP contribution in [0.4, 0.5) is 0 Å². The normalized spacial score (nSPS) is 14.1. The minimum atomic E-state index is -4.66. The first-order valence-corrected chi connectivity index (χ1v) is 38.3. The molecule has 0 fully saturated rings. The number of phosphoric ester groups is 1. The van der Waals surface area contributed by atoms with E-state index in [1.807, 2.05) is 21.1 Å². The summed E-state index contributed by atoms with van der Waals surface area (Å²) in [6.45, 7) is 4.01. The minimum Gasteiger partial charge on any atom is -0.756 e. The second-order valence-electron chi connectivity index (χ2n) is 25.2. The summed E-state index contributed by atoms with van der Waals surface area (Å²) in [5, 5.41) is 0. The lowest BCUT2D eigenvalue weighted by Gasteiger charge is -2.28. The van der Waals surface area contributed by atoms with E-state index < -0.39 is 32.5 Å². The first-order valence-electron chi connectivity index (χ1n) is 36.8. The molecule has 0 aromatic heterocycles. The highest BCUT2D eigenvalue weighted by Gasteiger charge is 2.22. The third-order valence-electron chi connectivity index (χ3n) is 15.2. The van der Waals surface area contributed by atoms with Crippen molar-refractivity contribution in [3.8, 4) is 0 Å². The van der Waals surface area contributed by atoms with Crippen molar-refractivity contribution >= 4 is 19.8 Å². The molecule has 9 nitrogen and oxygen atoms in total. The molecule has 2 unspecified atom stereocenters. The SMILES string of the molecule is CC/C=C\C/C=C\C/C=C\C/C=C\C/C=C\C/C=C\C/C=C\CCCCCCCCCCCCCCCCCC(=O)OC(COC(=O)CCCCCCCCCCC/C=C\C/C=C\C/C=C\C/C=C\C/C=C\C/C=C\C/C=C\CC)COP(=O)([O-])OCC[N+](C)(C)C. The maximum absolute atomic E-state index is 12.9. The zero-order valence-corrected chi connectivity index (χ0v) is 60.3. The first kappa shape index (κ1) is 87.4. The van der Waals surface area contributed by atoms with Gasteiger partial charge in [-0.2, -0.15) is 0 Å². The van der Waals surface area contributed by atoms with Crippen molar-refractivity contribution in [2.45, 2.75) is 290 Å². The van der Waals surface area contributed by atoms with Crippen molar-refractivity contribution in [2.75, 3.05) is 47.5 Å². The molecule has 522 valence electrons. The van der Waals surface area contributed by atoms with E-state index in [1.165, 1.54) is 109 Å². The lowest BCUT2D eigenvalue weighted by Crippen LogP contribution is -2.37. The van der Waals surface area contributed by atoms with E-state index in [4.69, 9.17) is 18.5 Å². The monoisotopic (exact) mass is 1290 g/mol. The average molecular weight is 1290 g/mol. The highest BCUT2D eigenvalue weighted by Crippen LogP contribution is 2.38. The fourth-order valence-corrected chi connectivity index (χ4v) is 10.4. The van der Waals surface area contributed by atoms with Gasteiger partial charge in [0.05, 0.1) is 27.7 Å². The van der Waals surface area contributed by atoms with Crippen LogP contribution in [0.2, 0.25) is 0 Å². The number of hydrogen-bond acceptors (Lipinski definition) is 8. The molecule has 0 radical (unpaired) electrons. The quantitative estimate of drug-likeness (QED) is 0.0195. The molecule has 0 aliphatic carbocycles. The second kappa shape index (κ2) is 70.7. The van der Waals surface area contributed by atoms with Crippen LogP contribution in [0.25, 0.3) is 0 Å². The number of phosphoric acid groups is 1. The Labute approximate surface area is 566 Å². The Kier molecular flexibility index (Phi) is 67.1. The van der Waals surface area contributed by atoms with Crippen molar-refractivity contribution in [2.24, 2.45) is 0 Å². The van der Waals surface area contributed by atoms with E-state index in [1.54, 1.807) is 0 Å². The maximum Gasteiger partial charge on any atom is 0.306 e. The molecule has 0 saturated heterocycles. The molecule has 0 N–H and O–H groups in total. The van der Waals surface area contributed by atoms with Gasteiger partial charge in [-0.05, 0) is 128 Å². The number of unbranched alkanes of at least 4 members (excludes halogenated alkanes) is 24.